The van der Waals surface area contributed by atoms with Gasteiger partial charge in [0.25, 0.3) is 0 Å². The monoisotopic (exact) mass is 328 g/mol. The molecule has 0 aliphatic carbocycles. The lowest BCUT2D eigenvalue weighted by Gasteiger charge is -2.47. The summed E-state index contributed by atoms with van der Waals surface area (Å²) >= 11 is 12.4. The fourth-order valence-corrected chi connectivity index (χ4v) is 4.19. The minimum atomic E-state index is 0.136. The maximum atomic E-state index is 6.31. The quantitative estimate of drug-likeness (QED) is 0.819. The molecule has 0 saturated carbocycles. The summed E-state index contributed by atoms with van der Waals surface area (Å²) in [4.78, 5) is 0. The van der Waals surface area contributed by atoms with Crippen molar-refractivity contribution in [2.75, 3.05) is 0 Å². The normalized spacial score (nSPS) is 23.0. The Kier molecular flexibility index (Phi) is 4.94. The van der Waals surface area contributed by atoms with E-state index < -0.39 is 0 Å². The van der Waals surface area contributed by atoms with Crippen molar-refractivity contribution in [3.63, 3.8) is 0 Å². The fraction of sp³-hybridized carbons (Fsp3) is 0.647. The van der Waals surface area contributed by atoms with Gasteiger partial charge in [-0.15, -0.1) is 0 Å². The van der Waals surface area contributed by atoms with Crippen molar-refractivity contribution in [2.45, 2.75) is 70.6 Å². The van der Waals surface area contributed by atoms with E-state index in [1.807, 2.05) is 18.2 Å². The Morgan fingerprint density at radius 1 is 1.14 bits per heavy atom. The largest absolute Gasteiger partial charge is 0.307 e. The number of benzene rings is 1. The maximum Gasteiger partial charge on any atom is 0.0454 e. The van der Waals surface area contributed by atoms with Gasteiger partial charge in [0.15, 0.2) is 0 Å². The van der Waals surface area contributed by atoms with E-state index in [4.69, 9.17) is 23.2 Å². The molecular formula is C17H26Cl2N2. The Morgan fingerprint density at radius 3 is 2.29 bits per heavy atom. The van der Waals surface area contributed by atoms with E-state index >= 15 is 0 Å². The van der Waals surface area contributed by atoms with E-state index in [1.165, 1.54) is 0 Å². The second-order valence-corrected chi connectivity index (χ2v) is 8.40. The zero-order valence-corrected chi connectivity index (χ0v) is 15.1. The van der Waals surface area contributed by atoms with Crippen LogP contribution in [0.4, 0.5) is 0 Å². The number of hydrogen-bond acceptors (Lipinski definition) is 2. The molecule has 0 aromatic heterocycles. The van der Waals surface area contributed by atoms with Crippen molar-refractivity contribution in [3.8, 4) is 0 Å². The second kappa shape index (κ2) is 6.08. The SMILES string of the molecule is CC(NC1CC(C)(C)NC(C)(C)C1)c1cc(Cl)ccc1Cl. The van der Waals surface area contributed by atoms with Crippen LogP contribution in [-0.4, -0.2) is 17.1 Å². The third kappa shape index (κ3) is 4.59. The first kappa shape index (κ1) is 17.1. The number of piperidine rings is 1. The lowest BCUT2D eigenvalue weighted by Crippen LogP contribution is -2.61. The van der Waals surface area contributed by atoms with Crippen LogP contribution in [0.15, 0.2) is 18.2 Å². The van der Waals surface area contributed by atoms with Crippen LogP contribution in [-0.2, 0) is 0 Å². The van der Waals surface area contributed by atoms with Gasteiger partial charge < -0.3 is 10.6 Å². The predicted octanol–water partition coefficient (Wildman–Crippen LogP) is 4.95. The zero-order valence-electron chi connectivity index (χ0n) is 13.6. The van der Waals surface area contributed by atoms with Gasteiger partial charge >= 0.3 is 0 Å². The zero-order chi connectivity index (χ0) is 15.8. The van der Waals surface area contributed by atoms with E-state index in [-0.39, 0.29) is 17.1 Å². The molecule has 1 aromatic carbocycles. The molecule has 4 heteroatoms. The van der Waals surface area contributed by atoms with Crippen LogP contribution < -0.4 is 10.6 Å². The molecule has 1 atom stereocenters. The van der Waals surface area contributed by atoms with Gasteiger partial charge in [-0.1, -0.05) is 23.2 Å². The van der Waals surface area contributed by atoms with Crippen LogP contribution >= 0.6 is 23.2 Å². The fourth-order valence-electron chi connectivity index (χ4n) is 3.73. The van der Waals surface area contributed by atoms with Gasteiger partial charge in [0.05, 0.1) is 0 Å². The molecule has 0 amide bonds. The van der Waals surface area contributed by atoms with Crippen LogP contribution in [0, 0.1) is 0 Å². The molecule has 1 aliphatic rings. The number of hydrogen-bond donors (Lipinski definition) is 2. The topological polar surface area (TPSA) is 24.1 Å². The highest BCUT2D eigenvalue weighted by Crippen LogP contribution is 2.32. The molecule has 2 rings (SSSR count). The van der Waals surface area contributed by atoms with Gasteiger partial charge in [-0.05, 0) is 71.2 Å². The molecule has 0 radical (unpaired) electrons. The van der Waals surface area contributed by atoms with E-state index in [2.05, 4.69) is 45.3 Å². The van der Waals surface area contributed by atoms with Gasteiger partial charge in [0.2, 0.25) is 0 Å². The molecule has 1 unspecified atom stereocenters. The van der Waals surface area contributed by atoms with Crippen molar-refractivity contribution in [1.82, 2.24) is 10.6 Å². The first-order chi connectivity index (χ1) is 9.58. The van der Waals surface area contributed by atoms with E-state index in [0.717, 1.165) is 28.5 Å². The molecule has 0 bridgehead atoms. The third-order valence-electron chi connectivity index (χ3n) is 4.10. The highest BCUT2D eigenvalue weighted by molar-refractivity contribution is 6.33. The average molecular weight is 329 g/mol. The Morgan fingerprint density at radius 2 is 1.71 bits per heavy atom. The van der Waals surface area contributed by atoms with E-state index in [9.17, 15) is 0 Å². The lowest BCUT2D eigenvalue weighted by molar-refractivity contribution is 0.141. The Balaban J connectivity index is 2.12. The predicted molar refractivity (Wildman–Crippen MR) is 92.3 cm³/mol. The molecule has 1 aliphatic heterocycles. The van der Waals surface area contributed by atoms with Gasteiger partial charge in [0, 0.05) is 33.2 Å². The molecule has 1 saturated heterocycles. The smallest absolute Gasteiger partial charge is 0.0454 e. The summed E-state index contributed by atoms with van der Waals surface area (Å²) < 4.78 is 0. The summed E-state index contributed by atoms with van der Waals surface area (Å²) in [5.41, 5.74) is 1.34. The molecule has 1 fully saturated rings. The first-order valence-corrected chi connectivity index (χ1v) is 8.34. The molecule has 1 aromatic rings. The second-order valence-electron chi connectivity index (χ2n) is 7.55. The summed E-state index contributed by atoms with van der Waals surface area (Å²) in [5.74, 6) is 0. The van der Waals surface area contributed by atoms with Gasteiger partial charge in [-0.25, -0.2) is 0 Å². The first-order valence-electron chi connectivity index (χ1n) is 7.58. The summed E-state index contributed by atoms with van der Waals surface area (Å²) in [6.45, 7) is 11.2. The van der Waals surface area contributed by atoms with Crippen LogP contribution in [0.3, 0.4) is 0 Å². The third-order valence-corrected chi connectivity index (χ3v) is 4.68. The standard InChI is InChI=1S/C17H26Cl2N2/c1-11(14-8-12(18)6-7-15(14)19)20-13-9-16(2,3)21-17(4,5)10-13/h6-8,11,13,20-21H,9-10H2,1-5H3. The van der Waals surface area contributed by atoms with Gasteiger partial charge in [-0.2, -0.15) is 0 Å². The summed E-state index contributed by atoms with van der Waals surface area (Å²) in [7, 11) is 0. The Labute approximate surface area is 138 Å². The Bertz CT molecular complexity index is 496. The average Bonchev–Trinajstić information content (AvgIpc) is 2.27. The van der Waals surface area contributed by atoms with Crippen LogP contribution in [0.2, 0.25) is 10.0 Å². The summed E-state index contributed by atoms with van der Waals surface area (Å²) in [6.07, 6.45) is 2.19. The minimum absolute atomic E-state index is 0.136. The van der Waals surface area contributed by atoms with Crippen molar-refractivity contribution < 1.29 is 0 Å². The number of rotatable bonds is 3. The number of halogens is 2. The molecule has 2 N–H and O–H groups in total. The van der Waals surface area contributed by atoms with Gasteiger partial charge in [0.1, 0.15) is 0 Å². The Hall–Kier alpha value is -0.280. The molecule has 1 heterocycles. The van der Waals surface area contributed by atoms with Crippen molar-refractivity contribution in [1.29, 1.82) is 0 Å². The van der Waals surface area contributed by atoms with Gasteiger partial charge in [-0.3, -0.25) is 0 Å². The molecule has 21 heavy (non-hydrogen) atoms. The lowest BCUT2D eigenvalue weighted by atomic mass is 9.79. The highest BCUT2D eigenvalue weighted by atomic mass is 35.5. The van der Waals surface area contributed by atoms with Crippen LogP contribution in [0.5, 0.6) is 0 Å². The molecular weight excluding hydrogens is 303 g/mol. The van der Waals surface area contributed by atoms with Crippen molar-refractivity contribution in [3.05, 3.63) is 33.8 Å². The van der Waals surface area contributed by atoms with E-state index in [1.54, 1.807) is 0 Å². The summed E-state index contributed by atoms with van der Waals surface area (Å²) in [6, 6.07) is 6.30. The highest BCUT2D eigenvalue weighted by Gasteiger charge is 2.38. The van der Waals surface area contributed by atoms with Crippen molar-refractivity contribution >= 4 is 23.2 Å². The molecule has 2 nitrogen and oxygen atoms in total. The minimum Gasteiger partial charge on any atom is -0.307 e. The molecule has 0 spiro atoms. The summed E-state index contributed by atoms with van der Waals surface area (Å²) in [5, 5.41) is 8.94. The van der Waals surface area contributed by atoms with Crippen molar-refractivity contribution in [2.24, 2.45) is 0 Å². The van der Waals surface area contributed by atoms with E-state index in [0.29, 0.717) is 6.04 Å². The molecule has 118 valence electrons. The van der Waals surface area contributed by atoms with Crippen LogP contribution in [0.25, 0.3) is 0 Å². The maximum absolute atomic E-state index is 6.31. The number of nitrogens with one attached hydrogen (secondary N) is 2. The van der Waals surface area contributed by atoms with Crippen LogP contribution in [0.1, 0.15) is 59.1 Å².